The van der Waals surface area contributed by atoms with E-state index in [0.29, 0.717) is 6.04 Å². The molecular formula is C17H28N2. The molecule has 1 aromatic carbocycles. The molecule has 1 aliphatic rings. The van der Waals surface area contributed by atoms with Crippen LogP contribution >= 0.6 is 0 Å². The lowest BCUT2D eigenvalue weighted by atomic mass is 10.0. The van der Waals surface area contributed by atoms with Gasteiger partial charge < -0.3 is 10.2 Å². The lowest BCUT2D eigenvalue weighted by molar-refractivity contribution is 0.189. The first-order valence-corrected chi connectivity index (χ1v) is 7.73. The van der Waals surface area contributed by atoms with E-state index in [1.54, 1.807) is 0 Å². The maximum Gasteiger partial charge on any atom is 0.0208 e. The molecule has 0 spiro atoms. The highest BCUT2D eigenvalue weighted by molar-refractivity contribution is 5.14. The second kappa shape index (κ2) is 7.66. The van der Waals surface area contributed by atoms with E-state index >= 15 is 0 Å². The summed E-state index contributed by atoms with van der Waals surface area (Å²) in [7, 11) is 0. The molecule has 1 aromatic rings. The van der Waals surface area contributed by atoms with E-state index in [9.17, 15) is 0 Å². The maximum atomic E-state index is 3.70. The monoisotopic (exact) mass is 260 g/mol. The first-order valence-electron chi connectivity index (χ1n) is 7.73. The second-order valence-electron chi connectivity index (χ2n) is 6.16. The predicted molar refractivity (Wildman–Crippen MR) is 82.2 cm³/mol. The minimum atomic E-state index is 0.704. The smallest absolute Gasteiger partial charge is 0.0208 e. The fourth-order valence-corrected chi connectivity index (χ4v) is 2.66. The Morgan fingerprint density at radius 3 is 2.47 bits per heavy atom. The van der Waals surface area contributed by atoms with Crippen LogP contribution in [-0.4, -0.2) is 30.6 Å². The highest BCUT2D eigenvalue weighted by Gasteiger charge is 2.18. The molecule has 1 fully saturated rings. The highest BCUT2D eigenvalue weighted by atomic mass is 15.1. The van der Waals surface area contributed by atoms with Crippen LogP contribution in [0.15, 0.2) is 30.3 Å². The molecule has 0 saturated carbocycles. The average Bonchev–Trinajstić information content (AvgIpc) is 2.45. The van der Waals surface area contributed by atoms with Crippen molar-refractivity contribution in [1.82, 2.24) is 10.2 Å². The molecule has 0 aromatic heterocycles. The van der Waals surface area contributed by atoms with Crippen molar-refractivity contribution < 1.29 is 0 Å². The van der Waals surface area contributed by atoms with E-state index in [-0.39, 0.29) is 0 Å². The quantitative estimate of drug-likeness (QED) is 0.844. The normalized spacial score (nSPS) is 18.1. The van der Waals surface area contributed by atoms with Crippen LogP contribution in [0.2, 0.25) is 0 Å². The Labute approximate surface area is 118 Å². The molecule has 2 rings (SSSR count). The molecule has 1 N–H and O–H groups in total. The number of benzene rings is 1. The fourth-order valence-electron chi connectivity index (χ4n) is 2.66. The molecule has 0 bridgehead atoms. The van der Waals surface area contributed by atoms with Crippen molar-refractivity contribution in [3.63, 3.8) is 0 Å². The van der Waals surface area contributed by atoms with Gasteiger partial charge >= 0.3 is 0 Å². The second-order valence-corrected chi connectivity index (χ2v) is 6.16. The van der Waals surface area contributed by atoms with E-state index in [1.165, 1.54) is 44.5 Å². The minimum Gasteiger partial charge on any atom is -0.310 e. The molecule has 0 radical (unpaired) electrons. The summed E-state index contributed by atoms with van der Waals surface area (Å²) in [5.41, 5.74) is 1.39. The molecule has 1 saturated heterocycles. The minimum absolute atomic E-state index is 0.704. The SMILES string of the molecule is CC(C)CCN1CCC(NCc2ccccc2)CC1. The van der Waals surface area contributed by atoms with Crippen LogP contribution < -0.4 is 5.32 Å². The van der Waals surface area contributed by atoms with Gasteiger partial charge in [-0.15, -0.1) is 0 Å². The van der Waals surface area contributed by atoms with Crippen molar-refractivity contribution in [2.24, 2.45) is 5.92 Å². The van der Waals surface area contributed by atoms with Gasteiger partial charge in [0.2, 0.25) is 0 Å². The fraction of sp³-hybridized carbons (Fsp3) is 0.647. The largest absolute Gasteiger partial charge is 0.310 e. The van der Waals surface area contributed by atoms with Gasteiger partial charge in [-0.05, 0) is 50.4 Å². The summed E-state index contributed by atoms with van der Waals surface area (Å²) in [4.78, 5) is 2.63. The van der Waals surface area contributed by atoms with E-state index in [2.05, 4.69) is 54.4 Å². The Kier molecular flexibility index (Phi) is 5.87. The number of rotatable bonds is 6. The summed E-state index contributed by atoms with van der Waals surface area (Å²) in [5, 5.41) is 3.70. The Morgan fingerprint density at radius 1 is 1.16 bits per heavy atom. The molecular weight excluding hydrogens is 232 g/mol. The number of nitrogens with zero attached hydrogens (tertiary/aromatic N) is 1. The molecule has 1 aliphatic heterocycles. The van der Waals surface area contributed by atoms with Gasteiger partial charge in [0, 0.05) is 12.6 Å². The Morgan fingerprint density at radius 2 is 1.84 bits per heavy atom. The van der Waals surface area contributed by atoms with Gasteiger partial charge in [-0.2, -0.15) is 0 Å². The van der Waals surface area contributed by atoms with Crippen molar-refractivity contribution in [3.8, 4) is 0 Å². The predicted octanol–water partition coefficient (Wildman–Crippen LogP) is 3.29. The summed E-state index contributed by atoms with van der Waals surface area (Å²) in [5.74, 6) is 0.828. The third kappa shape index (κ3) is 5.33. The van der Waals surface area contributed by atoms with Crippen LogP contribution in [0.3, 0.4) is 0 Å². The standard InChI is InChI=1S/C17H28N2/c1-15(2)8-11-19-12-9-17(10-13-19)18-14-16-6-4-3-5-7-16/h3-7,15,17-18H,8-14H2,1-2H3. The van der Waals surface area contributed by atoms with Crippen LogP contribution in [0.5, 0.6) is 0 Å². The number of likely N-dealkylation sites (tertiary alicyclic amines) is 1. The van der Waals surface area contributed by atoms with E-state index in [0.717, 1.165) is 12.5 Å². The lowest BCUT2D eigenvalue weighted by Crippen LogP contribution is -2.42. The van der Waals surface area contributed by atoms with Gasteiger partial charge in [0.25, 0.3) is 0 Å². The molecule has 106 valence electrons. The van der Waals surface area contributed by atoms with Gasteiger partial charge in [-0.1, -0.05) is 44.2 Å². The number of nitrogens with one attached hydrogen (secondary N) is 1. The Hall–Kier alpha value is -0.860. The first-order chi connectivity index (χ1) is 9.24. The van der Waals surface area contributed by atoms with Crippen LogP contribution in [0.1, 0.15) is 38.7 Å². The van der Waals surface area contributed by atoms with Gasteiger partial charge in [0.15, 0.2) is 0 Å². The Balaban J connectivity index is 1.63. The van der Waals surface area contributed by atoms with Crippen molar-refractivity contribution in [2.45, 2.75) is 45.7 Å². The van der Waals surface area contributed by atoms with Crippen molar-refractivity contribution in [2.75, 3.05) is 19.6 Å². The van der Waals surface area contributed by atoms with Gasteiger partial charge in [-0.3, -0.25) is 0 Å². The van der Waals surface area contributed by atoms with Gasteiger partial charge in [0.1, 0.15) is 0 Å². The highest BCUT2D eigenvalue weighted by Crippen LogP contribution is 2.13. The summed E-state index contributed by atoms with van der Waals surface area (Å²) in [6, 6.07) is 11.4. The van der Waals surface area contributed by atoms with Crippen LogP contribution in [0.4, 0.5) is 0 Å². The van der Waals surface area contributed by atoms with Crippen molar-refractivity contribution in [1.29, 1.82) is 0 Å². The number of hydrogen-bond acceptors (Lipinski definition) is 2. The third-order valence-corrected chi connectivity index (χ3v) is 4.05. The van der Waals surface area contributed by atoms with Gasteiger partial charge in [-0.25, -0.2) is 0 Å². The lowest BCUT2D eigenvalue weighted by Gasteiger charge is -2.32. The van der Waals surface area contributed by atoms with Gasteiger partial charge in [0.05, 0.1) is 0 Å². The number of piperidine rings is 1. The molecule has 1 heterocycles. The van der Waals surface area contributed by atoms with Crippen LogP contribution in [-0.2, 0) is 6.54 Å². The Bertz CT molecular complexity index is 340. The van der Waals surface area contributed by atoms with Crippen molar-refractivity contribution >= 4 is 0 Å². The summed E-state index contributed by atoms with van der Waals surface area (Å²) >= 11 is 0. The molecule has 0 unspecified atom stereocenters. The average molecular weight is 260 g/mol. The summed E-state index contributed by atoms with van der Waals surface area (Å²) in [6.07, 6.45) is 3.93. The van der Waals surface area contributed by atoms with E-state index in [1.807, 2.05) is 0 Å². The third-order valence-electron chi connectivity index (χ3n) is 4.05. The molecule has 0 atom stereocenters. The summed E-state index contributed by atoms with van der Waals surface area (Å²) in [6.45, 7) is 9.45. The first kappa shape index (κ1) is 14.5. The molecule has 2 heteroatoms. The van der Waals surface area contributed by atoms with Crippen LogP contribution in [0.25, 0.3) is 0 Å². The summed E-state index contributed by atoms with van der Waals surface area (Å²) < 4.78 is 0. The zero-order chi connectivity index (χ0) is 13.5. The van der Waals surface area contributed by atoms with Crippen molar-refractivity contribution in [3.05, 3.63) is 35.9 Å². The topological polar surface area (TPSA) is 15.3 Å². The van der Waals surface area contributed by atoms with E-state index < -0.39 is 0 Å². The zero-order valence-electron chi connectivity index (χ0n) is 12.4. The molecule has 19 heavy (non-hydrogen) atoms. The molecule has 0 aliphatic carbocycles. The zero-order valence-corrected chi connectivity index (χ0v) is 12.4. The maximum absolute atomic E-state index is 3.70. The molecule has 2 nitrogen and oxygen atoms in total. The molecule has 0 amide bonds. The number of hydrogen-bond donors (Lipinski definition) is 1. The van der Waals surface area contributed by atoms with E-state index in [4.69, 9.17) is 0 Å². The van der Waals surface area contributed by atoms with Crippen LogP contribution in [0, 0.1) is 5.92 Å².